The first-order valence-corrected chi connectivity index (χ1v) is 10.5. The molecule has 0 spiro atoms. The summed E-state index contributed by atoms with van der Waals surface area (Å²) in [4.78, 5) is 4.64. The highest BCUT2D eigenvalue weighted by Crippen LogP contribution is 2.45. The van der Waals surface area contributed by atoms with Crippen LogP contribution in [0.2, 0.25) is 0 Å². The van der Waals surface area contributed by atoms with Crippen molar-refractivity contribution < 1.29 is 0 Å². The van der Waals surface area contributed by atoms with E-state index in [1.54, 1.807) is 0 Å². The van der Waals surface area contributed by atoms with E-state index in [4.69, 9.17) is 0 Å². The largest absolute Gasteiger partial charge is 0.256 e. The Morgan fingerprint density at radius 2 is 1.54 bits per heavy atom. The average molecular weight is 367 g/mol. The molecule has 0 N–H and O–H groups in total. The van der Waals surface area contributed by atoms with Crippen LogP contribution < -0.4 is 0 Å². The molecule has 1 aliphatic rings. The summed E-state index contributed by atoms with van der Waals surface area (Å²) in [5.74, 6) is 0. The van der Waals surface area contributed by atoms with Gasteiger partial charge in [0, 0.05) is 11.8 Å². The van der Waals surface area contributed by atoms with Gasteiger partial charge in [0.25, 0.3) is 0 Å². The number of hydrogen-bond donors (Lipinski definition) is 0. The van der Waals surface area contributed by atoms with Crippen molar-refractivity contribution in [3.63, 3.8) is 0 Å². The van der Waals surface area contributed by atoms with Crippen LogP contribution >= 0.6 is 0 Å². The molecular weight excluding hydrogens is 337 g/mol. The normalized spacial score (nSPS) is 18.0. The fourth-order valence-electron chi connectivity index (χ4n) is 4.46. The summed E-state index contributed by atoms with van der Waals surface area (Å²) in [7, 11) is 2.45. The van der Waals surface area contributed by atoms with Gasteiger partial charge in [-0.2, -0.15) is 0 Å². The van der Waals surface area contributed by atoms with Crippen LogP contribution in [0.5, 0.6) is 0 Å². The minimum Gasteiger partial charge on any atom is -0.256 e. The van der Waals surface area contributed by atoms with Crippen molar-refractivity contribution in [1.82, 2.24) is 4.98 Å². The summed E-state index contributed by atoms with van der Waals surface area (Å²) in [6, 6.07) is 22.0. The molecule has 0 unspecified atom stereocenters. The van der Waals surface area contributed by atoms with Gasteiger partial charge in [-0.3, -0.25) is 4.98 Å². The number of nitrogens with zero attached hydrogens (tertiary/aromatic N) is 1. The third-order valence-corrected chi connectivity index (χ3v) is 6.78. The minimum atomic E-state index is 0.289. The standard InChI is InChI=1S/C26H30BN/c1-19-7-4-5-10-23(19)24-18-21(11-16-28-24)20-8-6-9-22(17-20)26(27)14-12-25(2,3)13-15-26/h4-11,16-18H,12-15,27H2,1-3H3. The molecule has 1 aromatic heterocycles. The Hall–Kier alpha value is -2.35. The van der Waals surface area contributed by atoms with Crippen LogP contribution in [0, 0.1) is 12.3 Å². The highest BCUT2D eigenvalue weighted by atomic mass is 14.7. The van der Waals surface area contributed by atoms with Gasteiger partial charge in [0.1, 0.15) is 7.85 Å². The van der Waals surface area contributed by atoms with Gasteiger partial charge < -0.3 is 0 Å². The molecule has 4 rings (SSSR count). The van der Waals surface area contributed by atoms with Crippen molar-refractivity contribution in [1.29, 1.82) is 0 Å². The lowest BCUT2D eigenvalue weighted by Crippen LogP contribution is -2.35. The summed E-state index contributed by atoms with van der Waals surface area (Å²) in [5, 5.41) is 0.289. The summed E-state index contributed by atoms with van der Waals surface area (Å²) in [6.07, 6.45) is 7.10. The zero-order valence-electron chi connectivity index (χ0n) is 17.6. The first kappa shape index (κ1) is 19.0. The van der Waals surface area contributed by atoms with Crippen molar-refractivity contribution in [2.24, 2.45) is 5.41 Å². The summed E-state index contributed by atoms with van der Waals surface area (Å²) >= 11 is 0. The number of aromatic nitrogens is 1. The highest BCUT2D eigenvalue weighted by molar-refractivity contribution is 6.16. The summed E-state index contributed by atoms with van der Waals surface area (Å²) < 4.78 is 0. The lowest BCUT2D eigenvalue weighted by Gasteiger charge is -2.42. The van der Waals surface area contributed by atoms with Gasteiger partial charge in [0.15, 0.2) is 0 Å². The molecule has 1 aliphatic carbocycles. The third-order valence-electron chi connectivity index (χ3n) is 6.78. The zero-order valence-corrected chi connectivity index (χ0v) is 17.6. The third kappa shape index (κ3) is 3.78. The molecule has 1 nitrogen and oxygen atoms in total. The summed E-state index contributed by atoms with van der Waals surface area (Å²) in [5.41, 5.74) is 8.03. The molecule has 0 atom stereocenters. The second-order valence-corrected chi connectivity index (χ2v) is 9.55. The van der Waals surface area contributed by atoms with Crippen LogP contribution in [0.3, 0.4) is 0 Å². The molecule has 2 heteroatoms. The predicted octanol–water partition coefficient (Wildman–Crippen LogP) is 6.15. The van der Waals surface area contributed by atoms with Crippen molar-refractivity contribution in [2.45, 2.75) is 51.8 Å². The van der Waals surface area contributed by atoms with E-state index in [1.165, 1.54) is 53.5 Å². The molecular formula is C26H30BN. The Labute approximate surface area is 170 Å². The molecule has 1 heterocycles. The van der Waals surface area contributed by atoms with Crippen molar-refractivity contribution in [3.05, 3.63) is 78.0 Å². The van der Waals surface area contributed by atoms with E-state index in [0.717, 1.165) is 5.69 Å². The molecule has 0 bridgehead atoms. The minimum absolute atomic E-state index is 0.289. The molecule has 142 valence electrons. The van der Waals surface area contributed by atoms with E-state index < -0.39 is 0 Å². The monoisotopic (exact) mass is 367 g/mol. The second-order valence-electron chi connectivity index (χ2n) is 9.55. The van der Waals surface area contributed by atoms with E-state index in [2.05, 4.69) is 94.3 Å². The van der Waals surface area contributed by atoms with E-state index >= 15 is 0 Å². The number of hydrogen-bond acceptors (Lipinski definition) is 1. The van der Waals surface area contributed by atoms with Gasteiger partial charge in [-0.25, -0.2) is 0 Å². The molecule has 1 saturated carbocycles. The van der Waals surface area contributed by atoms with Crippen LogP contribution in [0.1, 0.15) is 50.7 Å². The maximum atomic E-state index is 4.64. The maximum Gasteiger partial charge on any atom is 0.115 e. The molecule has 0 saturated heterocycles. The van der Waals surface area contributed by atoms with Crippen molar-refractivity contribution in [3.8, 4) is 22.4 Å². The summed E-state index contributed by atoms with van der Waals surface area (Å²) in [6.45, 7) is 6.97. The Morgan fingerprint density at radius 3 is 2.29 bits per heavy atom. The quantitative estimate of drug-likeness (QED) is 0.506. The molecule has 0 radical (unpaired) electrons. The van der Waals surface area contributed by atoms with Gasteiger partial charge >= 0.3 is 0 Å². The van der Waals surface area contributed by atoms with Crippen LogP contribution in [-0.2, 0) is 5.31 Å². The van der Waals surface area contributed by atoms with Gasteiger partial charge in [-0.1, -0.05) is 75.2 Å². The first-order valence-electron chi connectivity index (χ1n) is 10.5. The lowest BCUT2D eigenvalue weighted by molar-refractivity contribution is 0.206. The number of rotatable bonds is 3. The van der Waals surface area contributed by atoms with Crippen molar-refractivity contribution >= 4 is 7.85 Å². The number of aryl methyl sites for hydroxylation is 1. The molecule has 28 heavy (non-hydrogen) atoms. The second kappa shape index (κ2) is 7.24. The van der Waals surface area contributed by atoms with Crippen LogP contribution in [0.4, 0.5) is 0 Å². The van der Waals surface area contributed by atoms with Crippen LogP contribution in [0.15, 0.2) is 66.9 Å². The highest BCUT2D eigenvalue weighted by Gasteiger charge is 2.35. The van der Waals surface area contributed by atoms with Gasteiger partial charge in [0.05, 0.1) is 5.69 Å². The number of pyridine rings is 1. The Bertz CT molecular complexity index is 979. The lowest BCUT2D eigenvalue weighted by atomic mass is 9.53. The Kier molecular flexibility index (Phi) is 4.91. The Morgan fingerprint density at radius 1 is 0.821 bits per heavy atom. The zero-order chi connectivity index (χ0) is 19.8. The average Bonchev–Trinajstić information content (AvgIpc) is 2.71. The maximum absolute atomic E-state index is 4.64. The molecule has 0 amide bonds. The SMILES string of the molecule is BC1(c2cccc(-c3ccnc(-c4ccccc4C)c3)c2)CCC(C)(C)CC1. The molecule has 1 fully saturated rings. The molecule has 3 aromatic rings. The van der Waals surface area contributed by atoms with E-state index in [-0.39, 0.29) is 5.31 Å². The van der Waals surface area contributed by atoms with E-state index in [9.17, 15) is 0 Å². The number of benzene rings is 2. The smallest absolute Gasteiger partial charge is 0.115 e. The fourth-order valence-corrected chi connectivity index (χ4v) is 4.46. The van der Waals surface area contributed by atoms with Gasteiger partial charge in [-0.05, 0) is 64.9 Å². The Balaban J connectivity index is 1.67. The van der Waals surface area contributed by atoms with Crippen LogP contribution in [-0.4, -0.2) is 12.8 Å². The van der Waals surface area contributed by atoms with Crippen LogP contribution in [0.25, 0.3) is 22.4 Å². The molecule has 2 aromatic carbocycles. The first-order chi connectivity index (χ1) is 13.4. The van der Waals surface area contributed by atoms with Gasteiger partial charge in [-0.15, -0.1) is 0 Å². The van der Waals surface area contributed by atoms with Gasteiger partial charge in [0.2, 0.25) is 0 Å². The topological polar surface area (TPSA) is 12.9 Å². The predicted molar refractivity (Wildman–Crippen MR) is 122 cm³/mol. The van der Waals surface area contributed by atoms with E-state index in [0.29, 0.717) is 5.41 Å². The van der Waals surface area contributed by atoms with E-state index in [1.807, 2.05) is 6.20 Å². The fraction of sp³-hybridized carbons (Fsp3) is 0.346. The molecule has 0 aliphatic heterocycles. The van der Waals surface area contributed by atoms with Crippen molar-refractivity contribution in [2.75, 3.05) is 0 Å².